The summed E-state index contributed by atoms with van der Waals surface area (Å²) in [4.78, 5) is 10.5. The van der Waals surface area contributed by atoms with Crippen LogP contribution in [0.15, 0.2) is 0 Å². The quantitative estimate of drug-likeness (QED) is 0.398. The Morgan fingerprint density at radius 2 is 1.92 bits per heavy atom. The molecule has 5 heteroatoms. The van der Waals surface area contributed by atoms with Crippen molar-refractivity contribution in [1.29, 1.82) is 0 Å². The molecule has 0 heterocycles. The number of hydrogen-bond acceptors (Lipinski definition) is 4. The van der Waals surface area contributed by atoms with Gasteiger partial charge in [-0.05, 0) is 12.8 Å². The molecule has 12 heavy (non-hydrogen) atoms. The molecule has 1 fully saturated rings. The van der Waals surface area contributed by atoms with E-state index in [2.05, 4.69) is 0 Å². The van der Waals surface area contributed by atoms with E-state index in [-0.39, 0.29) is 19.3 Å². The van der Waals surface area contributed by atoms with E-state index in [1.54, 1.807) is 0 Å². The molecule has 0 bridgehead atoms. The van der Waals surface area contributed by atoms with Crippen LogP contribution in [0.3, 0.4) is 0 Å². The summed E-state index contributed by atoms with van der Waals surface area (Å²) in [7, 11) is 0. The predicted octanol–water partition coefficient (Wildman–Crippen LogP) is -1.29. The molecule has 4 N–H and O–H groups in total. The third kappa shape index (κ3) is 1.57. The Balaban J connectivity index is 2.66. The standard InChI is InChI=1S/C7H12O5/c8-4-1-2-7(12,6(10)11)3-5(4)9/h4-5,8-9,12H,1-3H2,(H,10,11). The summed E-state index contributed by atoms with van der Waals surface area (Å²) < 4.78 is 0. The van der Waals surface area contributed by atoms with Crippen molar-refractivity contribution in [1.82, 2.24) is 0 Å². The van der Waals surface area contributed by atoms with Gasteiger partial charge >= 0.3 is 5.97 Å². The van der Waals surface area contributed by atoms with E-state index in [1.807, 2.05) is 0 Å². The zero-order valence-electron chi connectivity index (χ0n) is 6.47. The van der Waals surface area contributed by atoms with Crippen LogP contribution in [0.25, 0.3) is 0 Å². The molecule has 0 aromatic heterocycles. The van der Waals surface area contributed by atoms with Gasteiger partial charge in [-0.3, -0.25) is 0 Å². The Kier molecular flexibility index (Phi) is 2.36. The van der Waals surface area contributed by atoms with Gasteiger partial charge in [0.1, 0.15) is 0 Å². The van der Waals surface area contributed by atoms with Gasteiger partial charge in [0.25, 0.3) is 0 Å². The fraction of sp³-hybridized carbons (Fsp3) is 0.857. The van der Waals surface area contributed by atoms with Crippen molar-refractivity contribution < 1.29 is 25.2 Å². The maximum absolute atomic E-state index is 10.5. The van der Waals surface area contributed by atoms with Crippen molar-refractivity contribution >= 4 is 5.97 Å². The van der Waals surface area contributed by atoms with Gasteiger partial charge in [0, 0.05) is 6.42 Å². The van der Waals surface area contributed by atoms with E-state index in [1.165, 1.54) is 0 Å². The lowest BCUT2D eigenvalue weighted by Gasteiger charge is -2.33. The van der Waals surface area contributed by atoms with E-state index < -0.39 is 23.8 Å². The average molecular weight is 176 g/mol. The van der Waals surface area contributed by atoms with Gasteiger partial charge in [0.05, 0.1) is 12.2 Å². The fourth-order valence-electron chi connectivity index (χ4n) is 1.36. The largest absolute Gasteiger partial charge is 0.479 e. The van der Waals surface area contributed by atoms with Crippen LogP contribution in [0.5, 0.6) is 0 Å². The Hall–Kier alpha value is -0.650. The molecule has 5 nitrogen and oxygen atoms in total. The first-order valence-electron chi connectivity index (χ1n) is 3.77. The van der Waals surface area contributed by atoms with Crippen LogP contribution < -0.4 is 0 Å². The van der Waals surface area contributed by atoms with Gasteiger partial charge in [-0.1, -0.05) is 0 Å². The number of carboxylic acid groups (broad SMARTS) is 1. The summed E-state index contributed by atoms with van der Waals surface area (Å²) in [5, 5.41) is 36.1. The number of hydrogen-bond donors (Lipinski definition) is 4. The van der Waals surface area contributed by atoms with E-state index >= 15 is 0 Å². The van der Waals surface area contributed by atoms with Crippen LogP contribution in [0.1, 0.15) is 19.3 Å². The van der Waals surface area contributed by atoms with E-state index in [0.29, 0.717) is 0 Å². The summed E-state index contributed by atoms with van der Waals surface area (Å²) in [5.41, 5.74) is -1.86. The maximum Gasteiger partial charge on any atom is 0.335 e. The molecule has 0 aromatic carbocycles. The molecular formula is C7H12O5. The molecule has 1 aliphatic carbocycles. The highest BCUT2D eigenvalue weighted by Crippen LogP contribution is 2.28. The monoisotopic (exact) mass is 176 g/mol. The van der Waals surface area contributed by atoms with E-state index in [9.17, 15) is 9.90 Å². The second-order valence-corrected chi connectivity index (χ2v) is 3.21. The number of aliphatic hydroxyl groups is 3. The van der Waals surface area contributed by atoms with Gasteiger partial charge < -0.3 is 20.4 Å². The van der Waals surface area contributed by atoms with Crippen LogP contribution in [0, 0.1) is 0 Å². The molecule has 0 aromatic rings. The second kappa shape index (κ2) is 3.01. The van der Waals surface area contributed by atoms with Crippen molar-refractivity contribution in [3.05, 3.63) is 0 Å². The minimum absolute atomic E-state index is 0.0133. The summed E-state index contributed by atoms with van der Waals surface area (Å²) >= 11 is 0. The van der Waals surface area contributed by atoms with Crippen LogP contribution in [-0.2, 0) is 4.79 Å². The molecule has 1 aliphatic rings. The molecule has 3 atom stereocenters. The van der Waals surface area contributed by atoms with Crippen molar-refractivity contribution in [2.75, 3.05) is 0 Å². The highest BCUT2D eigenvalue weighted by atomic mass is 16.4. The van der Waals surface area contributed by atoms with Crippen LogP contribution >= 0.6 is 0 Å². The van der Waals surface area contributed by atoms with Crippen molar-refractivity contribution in [3.63, 3.8) is 0 Å². The van der Waals surface area contributed by atoms with E-state index in [4.69, 9.17) is 15.3 Å². The van der Waals surface area contributed by atoms with Crippen molar-refractivity contribution in [2.24, 2.45) is 0 Å². The number of carboxylic acids is 1. The number of aliphatic carboxylic acids is 1. The van der Waals surface area contributed by atoms with Crippen LogP contribution in [0.4, 0.5) is 0 Å². The highest BCUT2D eigenvalue weighted by molar-refractivity contribution is 5.77. The molecule has 0 radical (unpaired) electrons. The molecule has 0 aliphatic heterocycles. The van der Waals surface area contributed by atoms with Crippen molar-refractivity contribution in [2.45, 2.75) is 37.1 Å². The lowest BCUT2D eigenvalue weighted by molar-refractivity contribution is -0.171. The van der Waals surface area contributed by atoms with Crippen LogP contribution in [0.2, 0.25) is 0 Å². The lowest BCUT2D eigenvalue weighted by Crippen LogP contribution is -2.49. The first kappa shape index (κ1) is 9.44. The normalized spacial score (nSPS) is 42.6. The Morgan fingerprint density at radius 3 is 2.33 bits per heavy atom. The van der Waals surface area contributed by atoms with Gasteiger partial charge in [0.15, 0.2) is 5.60 Å². The van der Waals surface area contributed by atoms with Gasteiger partial charge in [-0.25, -0.2) is 4.79 Å². The molecule has 0 spiro atoms. The minimum atomic E-state index is -1.86. The first-order chi connectivity index (χ1) is 5.46. The third-order valence-corrected chi connectivity index (χ3v) is 2.24. The number of aliphatic hydroxyl groups excluding tert-OH is 2. The summed E-state index contributed by atoms with van der Waals surface area (Å²) in [6.07, 6.45) is -2.25. The van der Waals surface area contributed by atoms with E-state index in [0.717, 1.165) is 0 Å². The lowest BCUT2D eigenvalue weighted by atomic mass is 9.82. The minimum Gasteiger partial charge on any atom is -0.479 e. The average Bonchev–Trinajstić information content (AvgIpc) is 1.97. The van der Waals surface area contributed by atoms with Gasteiger partial charge in [0.2, 0.25) is 0 Å². The maximum atomic E-state index is 10.5. The topological polar surface area (TPSA) is 98.0 Å². The summed E-state index contributed by atoms with van der Waals surface area (Å²) in [6, 6.07) is 0. The molecule has 3 unspecified atom stereocenters. The molecule has 0 saturated heterocycles. The van der Waals surface area contributed by atoms with Crippen molar-refractivity contribution in [3.8, 4) is 0 Å². The Bertz CT molecular complexity index is 192. The Labute approximate surface area is 69.3 Å². The highest BCUT2D eigenvalue weighted by Gasteiger charge is 2.43. The fourth-order valence-corrected chi connectivity index (χ4v) is 1.36. The predicted molar refractivity (Wildman–Crippen MR) is 38.5 cm³/mol. The SMILES string of the molecule is O=C(O)C1(O)CCC(O)C(O)C1. The van der Waals surface area contributed by atoms with Crippen LogP contribution in [-0.4, -0.2) is 44.2 Å². The van der Waals surface area contributed by atoms with Gasteiger partial charge in [-0.15, -0.1) is 0 Å². The smallest absolute Gasteiger partial charge is 0.335 e. The van der Waals surface area contributed by atoms with Gasteiger partial charge in [-0.2, -0.15) is 0 Å². The molecular weight excluding hydrogens is 164 g/mol. The zero-order chi connectivity index (χ0) is 9.35. The second-order valence-electron chi connectivity index (χ2n) is 3.21. The molecule has 1 saturated carbocycles. The first-order valence-corrected chi connectivity index (χ1v) is 3.77. The molecule has 70 valence electrons. The molecule has 1 rings (SSSR count). The molecule has 0 amide bonds. The number of carbonyl (C=O) groups is 1. The zero-order valence-corrected chi connectivity index (χ0v) is 6.47. The third-order valence-electron chi connectivity index (χ3n) is 2.24. The summed E-state index contributed by atoms with van der Waals surface area (Å²) in [5.74, 6) is -1.34. The number of rotatable bonds is 1. The Morgan fingerprint density at radius 1 is 1.33 bits per heavy atom. The summed E-state index contributed by atoms with van der Waals surface area (Å²) in [6.45, 7) is 0.